The summed E-state index contributed by atoms with van der Waals surface area (Å²) >= 11 is 0. The number of aryl methyl sites for hydroxylation is 2. The minimum Gasteiger partial charge on any atom is -0.338 e. The molecule has 2 rings (SSSR count). The van der Waals surface area contributed by atoms with Gasteiger partial charge in [-0.25, -0.2) is 8.42 Å². The molecule has 21 heavy (non-hydrogen) atoms. The van der Waals surface area contributed by atoms with Crippen LogP contribution in [0.15, 0.2) is 6.08 Å². The van der Waals surface area contributed by atoms with E-state index in [-0.39, 0.29) is 23.5 Å². The SMILES string of the molecule is Cc1nn(C)c(C)c1/C=C/C(=O)N(C)C1CCS(=O)(=O)C1. The van der Waals surface area contributed by atoms with Gasteiger partial charge in [0.15, 0.2) is 9.84 Å². The van der Waals surface area contributed by atoms with Crippen LogP contribution in [0, 0.1) is 13.8 Å². The van der Waals surface area contributed by atoms with Crippen LogP contribution in [0.4, 0.5) is 0 Å². The third-order valence-electron chi connectivity index (χ3n) is 4.06. The number of carbonyl (C=O) groups excluding carboxylic acids is 1. The molecule has 1 unspecified atom stereocenters. The monoisotopic (exact) mass is 311 g/mol. The van der Waals surface area contributed by atoms with Crippen LogP contribution in [0.5, 0.6) is 0 Å². The standard InChI is InChI=1S/C14H21N3O3S/c1-10-13(11(2)17(4)15-10)5-6-14(18)16(3)12-7-8-21(19,20)9-12/h5-6,12H,7-9H2,1-4H3/b6-5+. The van der Waals surface area contributed by atoms with Gasteiger partial charge in [-0.1, -0.05) is 0 Å². The number of amides is 1. The van der Waals surface area contributed by atoms with Crippen LogP contribution in [-0.4, -0.2) is 53.6 Å². The van der Waals surface area contributed by atoms with Crippen LogP contribution < -0.4 is 0 Å². The van der Waals surface area contributed by atoms with E-state index in [1.807, 2.05) is 20.9 Å². The predicted molar refractivity (Wildman–Crippen MR) is 81.5 cm³/mol. The van der Waals surface area contributed by atoms with Crippen LogP contribution >= 0.6 is 0 Å². The Bertz CT molecular complexity index is 689. The van der Waals surface area contributed by atoms with Gasteiger partial charge in [0.1, 0.15) is 0 Å². The van der Waals surface area contributed by atoms with E-state index in [1.165, 1.54) is 11.0 Å². The Hall–Kier alpha value is -1.63. The van der Waals surface area contributed by atoms with Crippen molar-refractivity contribution in [3.8, 4) is 0 Å². The molecular formula is C14H21N3O3S. The first kappa shape index (κ1) is 15.8. The molecule has 1 aliphatic rings. The number of hydrogen-bond donors (Lipinski definition) is 0. The van der Waals surface area contributed by atoms with Crippen molar-refractivity contribution in [2.75, 3.05) is 18.6 Å². The van der Waals surface area contributed by atoms with Crippen molar-refractivity contribution < 1.29 is 13.2 Å². The Morgan fingerprint density at radius 2 is 2.10 bits per heavy atom. The number of likely N-dealkylation sites (N-methyl/N-ethyl adjacent to an activating group) is 1. The van der Waals surface area contributed by atoms with Gasteiger partial charge in [0, 0.05) is 37.5 Å². The van der Waals surface area contributed by atoms with Crippen molar-refractivity contribution >= 4 is 21.8 Å². The molecule has 0 saturated carbocycles. The topological polar surface area (TPSA) is 72.3 Å². The highest BCUT2D eigenvalue weighted by Crippen LogP contribution is 2.18. The molecule has 1 aromatic rings. The van der Waals surface area contributed by atoms with Crippen LogP contribution in [-0.2, 0) is 21.7 Å². The highest BCUT2D eigenvalue weighted by molar-refractivity contribution is 7.91. The van der Waals surface area contributed by atoms with E-state index < -0.39 is 9.84 Å². The molecule has 0 spiro atoms. The molecule has 1 atom stereocenters. The Labute approximate surface area is 125 Å². The molecule has 0 aromatic carbocycles. The number of aromatic nitrogens is 2. The van der Waals surface area contributed by atoms with Crippen LogP contribution in [0.25, 0.3) is 6.08 Å². The first-order chi connectivity index (χ1) is 9.71. The summed E-state index contributed by atoms with van der Waals surface area (Å²) in [5, 5.41) is 4.29. The fraction of sp³-hybridized carbons (Fsp3) is 0.571. The van der Waals surface area contributed by atoms with Crippen molar-refractivity contribution in [2.45, 2.75) is 26.3 Å². The smallest absolute Gasteiger partial charge is 0.246 e. The summed E-state index contributed by atoms with van der Waals surface area (Å²) in [5.41, 5.74) is 2.78. The molecule has 1 aliphatic heterocycles. The normalized spacial score (nSPS) is 21.0. The molecule has 0 aliphatic carbocycles. The summed E-state index contributed by atoms with van der Waals surface area (Å²) in [6.07, 6.45) is 3.76. The van der Waals surface area contributed by atoms with E-state index in [0.717, 1.165) is 17.0 Å². The van der Waals surface area contributed by atoms with Crippen molar-refractivity contribution in [2.24, 2.45) is 7.05 Å². The fourth-order valence-corrected chi connectivity index (χ4v) is 4.34. The zero-order valence-corrected chi connectivity index (χ0v) is 13.6. The summed E-state index contributed by atoms with van der Waals surface area (Å²) in [4.78, 5) is 13.7. The Kier molecular flexibility index (Phi) is 4.22. The average molecular weight is 311 g/mol. The lowest BCUT2D eigenvalue weighted by atomic mass is 10.1. The summed E-state index contributed by atoms with van der Waals surface area (Å²) in [7, 11) is 0.530. The molecular weight excluding hydrogens is 290 g/mol. The summed E-state index contributed by atoms with van der Waals surface area (Å²) < 4.78 is 24.7. The molecule has 7 heteroatoms. The van der Waals surface area contributed by atoms with E-state index in [9.17, 15) is 13.2 Å². The predicted octanol–water partition coefficient (Wildman–Crippen LogP) is 0.696. The van der Waals surface area contributed by atoms with E-state index in [2.05, 4.69) is 5.10 Å². The maximum absolute atomic E-state index is 12.2. The van der Waals surface area contributed by atoms with Gasteiger partial charge in [-0.15, -0.1) is 0 Å². The van der Waals surface area contributed by atoms with Crippen LogP contribution in [0.3, 0.4) is 0 Å². The minimum absolute atomic E-state index is 0.0635. The molecule has 6 nitrogen and oxygen atoms in total. The number of carbonyl (C=O) groups is 1. The van der Waals surface area contributed by atoms with Gasteiger partial charge in [0.25, 0.3) is 0 Å². The molecule has 1 aromatic heterocycles. The quantitative estimate of drug-likeness (QED) is 0.770. The van der Waals surface area contributed by atoms with Gasteiger partial charge in [0.2, 0.25) is 5.91 Å². The molecule has 1 fully saturated rings. The second-order valence-corrected chi connectivity index (χ2v) is 7.78. The zero-order chi connectivity index (χ0) is 15.8. The van der Waals surface area contributed by atoms with Gasteiger partial charge in [-0.3, -0.25) is 9.48 Å². The van der Waals surface area contributed by atoms with Crippen molar-refractivity contribution in [3.63, 3.8) is 0 Å². The minimum atomic E-state index is -2.98. The molecule has 116 valence electrons. The molecule has 1 saturated heterocycles. The van der Waals surface area contributed by atoms with Gasteiger partial charge in [-0.05, 0) is 26.3 Å². The second kappa shape index (κ2) is 5.63. The second-order valence-electron chi connectivity index (χ2n) is 5.55. The highest BCUT2D eigenvalue weighted by atomic mass is 32.2. The maximum atomic E-state index is 12.2. The summed E-state index contributed by atoms with van der Waals surface area (Å²) in [5.74, 6) is 0.0492. The van der Waals surface area contributed by atoms with Gasteiger partial charge in [0.05, 0.1) is 17.2 Å². The maximum Gasteiger partial charge on any atom is 0.246 e. The number of nitrogens with zero attached hydrogens (tertiary/aromatic N) is 3. The fourth-order valence-electron chi connectivity index (χ4n) is 2.56. The Morgan fingerprint density at radius 1 is 1.43 bits per heavy atom. The van der Waals surface area contributed by atoms with Gasteiger partial charge >= 0.3 is 0 Å². The first-order valence-electron chi connectivity index (χ1n) is 6.87. The Morgan fingerprint density at radius 3 is 2.57 bits per heavy atom. The molecule has 0 bridgehead atoms. The van der Waals surface area contributed by atoms with Crippen LogP contribution in [0.1, 0.15) is 23.4 Å². The van der Waals surface area contributed by atoms with Crippen LogP contribution in [0.2, 0.25) is 0 Å². The third kappa shape index (κ3) is 3.34. The number of rotatable bonds is 3. The van der Waals surface area contributed by atoms with Crippen molar-refractivity contribution in [3.05, 3.63) is 23.0 Å². The van der Waals surface area contributed by atoms with Gasteiger partial charge in [-0.2, -0.15) is 5.10 Å². The average Bonchev–Trinajstić information content (AvgIpc) is 2.87. The molecule has 2 heterocycles. The van der Waals surface area contributed by atoms with Crippen molar-refractivity contribution in [1.82, 2.24) is 14.7 Å². The summed E-state index contributed by atoms with van der Waals surface area (Å²) in [6.45, 7) is 3.84. The molecule has 0 radical (unpaired) electrons. The molecule has 0 N–H and O–H groups in total. The number of sulfone groups is 1. The van der Waals surface area contributed by atoms with E-state index >= 15 is 0 Å². The highest BCUT2D eigenvalue weighted by Gasteiger charge is 2.32. The number of hydrogen-bond acceptors (Lipinski definition) is 4. The van der Waals surface area contributed by atoms with Gasteiger partial charge < -0.3 is 4.90 Å². The lowest BCUT2D eigenvalue weighted by molar-refractivity contribution is -0.126. The van der Waals surface area contributed by atoms with Crippen molar-refractivity contribution in [1.29, 1.82) is 0 Å². The molecule has 1 amide bonds. The first-order valence-corrected chi connectivity index (χ1v) is 8.69. The zero-order valence-electron chi connectivity index (χ0n) is 12.8. The largest absolute Gasteiger partial charge is 0.338 e. The third-order valence-corrected chi connectivity index (χ3v) is 5.81. The van der Waals surface area contributed by atoms with E-state index in [1.54, 1.807) is 17.8 Å². The lowest BCUT2D eigenvalue weighted by Gasteiger charge is -2.21. The van der Waals surface area contributed by atoms with E-state index in [0.29, 0.717) is 6.42 Å². The lowest BCUT2D eigenvalue weighted by Crippen LogP contribution is -2.36. The Balaban J connectivity index is 2.09. The summed E-state index contributed by atoms with van der Waals surface area (Å²) in [6, 6.07) is -0.219. The van der Waals surface area contributed by atoms with E-state index in [4.69, 9.17) is 0 Å².